The van der Waals surface area contributed by atoms with E-state index in [2.05, 4.69) is 13.8 Å². The largest absolute Gasteiger partial charge is 0.396 e. The van der Waals surface area contributed by atoms with Gasteiger partial charge in [-0.15, -0.1) is 11.8 Å². The first-order valence-electron chi connectivity index (χ1n) is 8.66. The van der Waals surface area contributed by atoms with E-state index in [1.165, 1.54) is 16.7 Å². The Morgan fingerprint density at radius 3 is 2.19 bits per heavy atom. The highest BCUT2D eigenvalue weighted by Crippen LogP contribution is 2.38. The summed E-state index contributed by atoms with van der Waals surface area (Å²) in [4.78, 5) is 27.7. The molecule has 27 heavy (non-hydrogen) atoms. The summed E-state index contributed by atoms with van der Waals surface area (Å²) >= 11 is 7.15. The van der Waals surface area contributed by atoms with Gasteiger partial charge in [0.1, 0.15) is 0 Å². The quantitative estimate of drug-likeness (QED) is 0.725. The standard InChI is InChI=1S/C21H20ClNO3S/c1-13(2)14-5-9-17(10-6-14)23-20(25)18(15-3-7-16(22)8-4-15)19(21(23)26)27-12-11-24/h3-10,13,24H,11-12H2,1-2H3. The zero-order valence-electron chi connectivity index (χ0n) is 15.1. The summed E-state index contributed by atoms with van der Waals surface area (Å²) in [5.41, 5.74) is 2.67. The van der Waals surface area contributed by atoms with Gasteiger partial charge in [-0.3, -0.25) is 9.59 Å². The van der Waals surface area contributed by atoms with Gasteiger partial charge in [0.2, 0.25) is 0 Å². The van der Waals surface area contributed by atoms with Gasteiger partial charge in [-0.25, -0.2) is 4.90 Å². The van der Waals surface area contributed by atoms with Crippen molar-refractivity contribution in [2.45, 2.75) is 19.8 Å². The van der Waals surface area contributed by atoms with Crippen LogP contribution in [0.5, 0.6) is 0 Å². The minimum Gasteiger partial charge on any atom is -0.396 e. The molecule has 140 valence electrons. The molecule has 0 aromatic heterocycles. The van der Waals surface area contributed by atoms with Gasteiger partial charge in [0.25, 0.3) is 11.8 Å². The molecule has 1 aliphatic heterocycles. The van der Waals surface area contributed by atoms with Crippen molar-refractivity contribution >= 4 is 46.4 Å². The molecule has 0 bridgehead atoms. The fraction of sp³-hybridized carbons (Fsp3) is 0.238. The predicted octanol–water partition coefficient (Wildman–Crippen LogP) is 4.47. The average Bonchev–Trinajstić information content (AvgIpc) is 2.90. The molecule has 2 aromatic rings. The summed E-state index contributed by atoms with van der Waals surface area (Å²) in [6, 6.07) is 14.3. The molecule has 2 aromatic carbocycles. The van der Waals surface area contributed by atoms with Crippen molar-refractivity contribution in [2.75, 3.05) is 17.3 Å². The van der Waals surface area contributed by atoms with Crippen LogP contribution in [0.2, 0.25) is 5.02 Å². The summed E-state index contributed by atoms with van der Waals surface area (Å²) in [6.45, 7) is 4.10. The fourth-order valence-electron chi connectivity index (χ4n) is 2.91. The second-order valence-electron chi connectivity index (χ2n) is 6.48. The van der Waals surface area contributed by atoms with Crippen molar-refractivity contribution in [2.24, 2.45) is 0 Å². The number of nitrogens with zero attached hydrogens (tertiary/aromatic N) is 1. The van der Waals surface area contributed by atoms with Gasteiger partial charge < -0.3 is 5.11 Å². The molecule has 6 heteroatoms. The Balaban J connectivity index is 2.01. The van der Waals surface area contributed by atoms with E-state index in [0.717, 1.165) is 5.56 Å². The number of hydrogen-bond donors (Lipinski definition) is 1. The van der Waals surface area contributed by atoms with E-state index in [0.29, 0.717) is 38.4 Å². The number of aliphatic hydroxyl groups excluding tert-OH is 1. The molecule has 0 atom stereocenters. The van der Waals surface area contributed by atoms with Gasteiger partial charge in [-0.1, -0.05) is 49.7 Å². The van der Waals surface area contributed by atoms with Gasteiger partial charge in [-0.2, -0.15) is 0 Å². The summed E-state index contributed by atoms with van der Waals surface area (Å²) in [5.74, 6) is -0.0193. The second kappa shape index (κ2) is 8.30. The van der Waals surface area contributed by atoms with Gasteiger partial charge in [0, 0.05) is 10.8 Å². The first kappa shape index (κ1) is 19.7. The summed E-state index contributed by atoms with van der Waals surface area (Å²) in [6.07, 6.45) is 0. The van der Waals surface area contributed by atoms with Gasteiger partial charge in [0.05, 0.1) is 22.8 Å². The Bertz CT molecular complexity index is 889. The lowest BCUT2D eigenvalue weighted by Gasteiger charge is -2.16. The monoisotopic (exact) mass is 401 g/mol. The molecule has 0 saturated heterocycles. The first-order valence-corrected chi connectivity index (χ1v) is 10.0. The van der Waals surface area contributed by atoms with E-state index in [9.17, 15) is 9.59 Å². The normalized spacial score (nSPS) is 14.6. The van der Waals surface area contributed by atoms with Crippen LogP contribution >= 0.6 is 23.4 Å². The predicted molar refractivity (Wildman–Crippen MR) is 111 cm³/mol. The number of amides is 2. The van der Waals surface area contributed by atoms with Crippen LogP contribution in [0, 0.1) is 0 Å². The number of thioether (sulfide) groups is 1. The Morgan fingerprint density at radius 1 is 1.00 bits per heavy atom. The van der Waals surface area contributed by atoms with Gasteiger partial charge in [0.15, 0.2) is 0 Å². The highest BCUT2D eigenvalue weighted by Gasteiger charge is 2.40. The highest BCUT2D eigenvalue weighted by molar-refractivity contribution is 8.04. The Morgan fingerprint density at radius 2 is 1.63 bits per heavy atom. The van der Waals surface area contributed by atoms with E-state index in [-0.39, 0.29) is 18.4 Å². The molecule has 1 heterocycles. The Kier molecular flexibility index (Phi) is 6.05. The zero-order valence-corrected chi connectivity index (χ0v) is 16.7. The molecule has 0 fully saturated rings. The topological polar surface area (TPSA) is 57.6 Å². The molecule has 2 amide bonds. The molecule has 0 radical (unpaired) electrons. The number of hydrogen-bond acceptors (Lipinski definition) is 4. The SMILES string of the molecule is CC(C)c1ccc(N2C(=O)C(SCCO)=C(c3ccc(Cl)cc3)C2=O)cc1. The maximum atomic E-state index is 13.1. The van der Waals surface area contributed by atoms with Crippen LogP contribution in [0.1, 0.15) is 30.9 Å². The van der Waals surface area contributed by atoms with Crippen molar-refractivity contribution < 1.29 is 14.7 Å². The van der Waals surface area contributed by atoms with Crippen LogP contribution in [-0.2, 0) is 9.59 Å². The molecule has 0 spiro atoms. The number of halogens is 1. The van der Waals surface area contributed by atoms with Gasteiger partial charge in [-0.05, 0) is 41.3 Å². The minimum absolute atomic E-state index is 0.0768. The van der Waals surface area contributed by atoms with Crippen molar-refractivity contribution in [1.82, 2.24) is 0 Å². The van der Waals surface area contributed by atoms with Gasteiger partial charge >= 0.3 is 0 Å². The van der Waals surface area contributed by atoms with Crippen molar-refractivity contribution in [3.63, 3.8) is 0 Å². The van der Waals surface area contributed by atoms with E-state index < -0.39 is 0 Å². The molecule has 3 rings (SSSR count). The third-order valence-electron chi connectivity index (χ3n) is 4.33. The van der Waals surface area contributed by atoms with Crippen LogP contribution in [0.25, 0.3) is 5.57 Å². The maximum absolute atomic E-state index is 13.1. The first-order chi connectivity index (χ1) is 12.9. The van der Waals surface area contributed by atoms with Crippen LogP contribution < -0.4 is 4.90 Å². The number of carbonyl (C=O) groups is 2. The minimum atomic E-state index is -0.361. The van der Waals surface area contributed by atoms with Crippen molar-refractivity contribution in [3.8, 4) is 0 Å². The van der Waals surface area contributed by atoms with E-state index in [1.807, 2.05) is 12.1 Å². The summed E-state index contributed by atoms with van der Waals surface area (Å²) in [7, 11) is 0. The second-order valence-corrected chi connectivity index (χ2v) is 8.02. The molecule has 0 saturated carbocycles. The molecule has 1 aliphatic rings. The van der Waals surface area contributed by atoms with Crippen LogP contribution in [-0.4, -0.2) is 29.3 Å². The van der Waals surface area contributed by atoms with Crippen LogP contribution in [0.15, 0.2) is 53.4 Å². The number of anilines is 1. The number of carbonyl (C=O) groups excluding carboxylic acids is 2. The fourth-order valence-corrected chi connectivity index (χ4v) is 3.89. The molecular formula is C21H20ClNO3S. The molecule has 0 unspecified atom stereocenters. The van der Waals surface area contributed by atoms with E-state index in [4.69, 9.17) is 16.7 Å². The van der Waals surface area contributed by atoms with Crippen LogP contribution in [0.4, 0.5) is 5.69 Å². The number of aliphatic hydroxyl groups is 1. The molecule has 1 N–H and O–H groups in total. The van der Waals surface area contributed by atoms with Crippen LogP contribution in [0.3, 0.4) is 0 Å². The lowest BCUT2D eigenvalue weighted by molar-refractivity contribution is -0.119. The lowest BCUT2D eigenvalue weighted by Crippen LogP contribution is -2.31. The highest BCUT2D eigenvalue weighted by atomic mass is 35.5. The maximum Gasteiger partial charge on any atom is 0.272 e. The number of benzene rings is 2. The number of imide groups is 1. The molecule has 4 nitrogen and oxygen atoms in total. The van der Waals surface area contributed by atoms with Crippen molar-refractivity contribution in [1.29, 1.82) is 0 Å². The Labute approximate surface area is 167 Å². The molecular weight excluding hydrogens is 382 g/mol. The zero-order chi connectivity index (χ0) is 19.6. The molecule has 0 aliphatic carbocycles. The average molecular weight is 402 g/mol. The Hall–Kier alpha value is -2.08. The van der Waals surface area contributed by atoms with E-state index in [1.54, 1.807) is 36.4 Å². The lowest BCUT2D eigenvalue weighted by atomic mass is 10.0. The van der Waals surface area contributed by atoms with E-state index >= 15 is 0 Å². The smallest absolute Gasteiger partial charge is 0.272 e. The van der Waals surface area contributed by atoms with Crippen molar-refractivity contribution in [3.05, 3.63) is 69.6 Å². The number of rotatable bonds is 6. The summed E-state index contributed by atoms with van der Waals surface area (Å²) in [5, 5.41) is 9.72. The summed E-state index contributed by atoms with van der Waals surface area (Å²) < 4.78 is 0. The third kappa shape index (κ3) is 3.95. The third-order valence-corrected chi connectivity index (χ3v) is 5.64.